The van der Waals surface area contributed by atoms with Gasteiger partial charge in [0.25, 0.3) is 5.91 Å². The van der Waals surface area contributed by atoms with Crippen LogP contribution in [0.4, 0.5) is 11.4 Å². The predicted molar refractivity (Wildman–Crippen MR) is 133 cm³/mol. The highest BCUT2D eigenvalue weighted by molar-refractivity contribution is 6.04. The molecular formula is C27H27N3O5. The number of likely N-dealkylation sites (N-methyl/N-ethyl adjacent to an activating group) is 1. The van der Waals surface area contributed by atoms with Crippen molar-refractivity contribution in [2.75, 3.05) is 31.9 Å². The first-order chi connectivity index (χ1) is 16.8. The van der Waals surface area contributed by atoms with Gasteiger partial charge in [0.15, 0.2) is 11.5 Å². The van der Waals surface area contributed by atoms with Gasteiger partial charge in [-0.05, 0) is 53.6 Å². The molecular weight excluding hydrogens is 446 g/mol. The van der Waals surface area contributed by atoms with Crippen LogP contribution in [-0.4, -0.2) is 43.9 Å². The summed E-state index contributed by atoms with van der Waals surface area (Å²) < 4.78 is 10.8. The van der Waals surface area contributed by atoms with E-state index in [1.54, 1.807) is 74.7 Å². The van der Waals surface area contributed by atoms with Gasteiger partial charge < -0.3 is 25.0 Å². The highest BCUT2D eigenvalue weighted by atomic mass is 16.5. The molecule has 0 saturated carbocycles. The van der Waals surface area contributed by atoms with Gasteiger partial charge >= 0.3 is 0 Å². The Kier molecular flexibility index (Phi) is 6.73. The van der Waals surface area contributed by atoms with Gasteiger partial charge in [-0.15, -0.1) is 0 Å². The molecule has 0 unspecified atom stereocenters. The molecule has 35 heavy (non-hydrogen) atoms. The number of hydrogen-bond acceptors (Lipinski definition) is 5. The van der Waals surface area contributed by atoms with Crippen LogP contribution in [0.15, 0.2) is 66.7 Å². The van der Waals surface area contributed by atoms with Crippen molar-refractivity contribution in [2.45, 2.75) is 18.9 Å². The van der Waals surface area contributed by atoms with E-state index in [1.807, 2.05) is 18.2 Å². The monoisotopic (exact) mass is 473 g/mol. The van der Waals surface area contributed by atoms with Crippen molar-refractivity contribution < 1.29 is 23.9 Å². The number of carbonyl (C=O) groups excluding carboxylic acids is 3. The fourth-order valence-corrected chi connectivity index (χ4v) is 4.47. The lowest BCUT2D eigenvalue weighted by atomic mass is 9.79. The van der Waals surface area contributed by atoms with Crippen LogP contribution in [0, 0.1) is 0 Å². The fraction of sp³-hybridized carbons (Fsp3) is 0.222. The van der Waals surface area contributed by atoms with E-state index < -0.39 is 12.0 Å². The lowest BCUT2D eigenvalue weighted by Gasteiger charge is -2.40. The average Bonchev–Trinajstić information content (AvgIpc) is 2.86. The molecule has 8 heteroatoms. The van der Waals surface area contributed by atoms with E-state index in [0.717, 1.165) is 5.56 Å². The maximum atomic E-state index is 13.7. The highest BCUT2D eigenvalue weighted by Gasteiger charge is 2.42. The number of hydrogen-bond donors (Lipinski definition) is 2. The van der Waals surface area contributed by atoms with Crippen LogP contribution in [-0.2, 0) is 9.59 Å². The molecule has 0 saturated heterocycles. The number of fused-ring (bicyclic) bond motifs is 1. The van der Waals surface area contributed by atoms with Crippen molar-refractivity contribution >= 4 is 29.1 Å². The first-order valence-electron chi connectivity index (χ1n) is 11.1. The van der Waals surface area contributed by atoms with Crippen LogP contribution in [0.5, 0.6) is 11.5 Å². The third-order valence-electron chi connectivity index (χ3n) is 6.08. The molecule has 1 heterocycles. The second-order valence-corrected chi connectivity index (χ2v) is 8.29. The Hall–Kier alpha value is -4.33. The van der Waals surface area contributed by atoms with E-state index in [0.29, 0.717) is 34.0 Å². The number of benzene rings is 3. The van der Waals surface area contributed by atoms with Crippen LogP contribution in [0.1, 0.15) is 40.4 Å². The molecule has 1 aliphatic rings. The number of nitrogens with one attached hydrogen (secondary N) is 2. The zero-order valence-corrected chi connectivity index (χ0v) is 20.0. The minimum atomic E-state index is -0.679. The zero-order chi connectivity index (χ0) is 25.1. The van der Waals surface area contributed by atoms with Crippen LogP contribution >= 0.6 is 0 Å². The topological polar surface area (TPSA) is 97.0 Å². The molecule has 3 aromatic rings. The van der Waals surface area contributed by atoms with Gasteiger partial charge in [-0.3, -0.25) is 14.4 Å². The van der Waals surface area contributed by atoms with Gasteiger partial charge in [0.1, 0.15) is 0 Å². The molecule has 0 aliphatic carbocycles. The molecule has 8 nitrogen and oxygen atoms in total. The Morgan fingerprint density at radius 1 is 0.857 bits per heavy atom. The van der Waals surface area contributed by atoms with Crippen molar-refractivity contribution in [1.82, 2.24) is 4.90 Å². The first kappa shape index (κ1) is 23.8. The number of rotatable bonds is 6. The predicted octanol–water partition coefficient (Wildman–Crippen LogP) is 4.21. The van der Waals surface area contributed by atoms with Gasteiger partial charge in [-0.2, -0.15) is 0 Å². The second kappa shape index (κ2) is 9.89. The molecule has 0 radical (unpaired) electrons. The smallest absolute Gasteiger partial charge is 0.254 e. The largest absolute Gasteiger partial charge is 0.493 e. The maximum Gasteiger partial charge on any atom is 0.254 e. The van der Waals surface area contributed by atoms with E-state index in [1.165, 1.54) is 6.92 Å². The fourth-order valence-electron chi connectivity index (χ4n) is 4.47. The van der Waals surface area contributed by atoms with Crippen LogP contribution in [0.25, 0.3) is 0 Å². The van der Waals surface area contributed by atoms with E-state index in [2.05, 4.69) is 10.6 Å². The maximum absolute atomic E-state index is 13.7. The summed E-state index contributed by atoms with van der Waals surface area (Å²) in [5.41, 5.74) is 3.10. The van der Waals surface area contributed by atoms with Gasteiger partial charge in [0.2, 0.25) is 11.8 Å². The second-order valence-electron chi connectivity index (χ2n) is 8.29. The molecule has 1 aliphatic heterocycles. The summed E-state index contributed by atoms with van der Waals surface area (Å²) >= 11 is 0. The molecule has 3 amide bonds. The van der Waals surface area contributed by atoms with Gasteiger partial charge in [-0.1, -0.05) is 24.3 Å². The molecule has 2 N–H and O–H groups in total. The average molecular weight is 474 g/mol. The molecule has 0 fully saturated rings. The summed E-state index contributed by atoms with van der Waals surface area (Å²) in [6.07, 6.45) is 0. The van der Waals surface area contributed by atoms with Crippen LogP contribution in [0.3, 0.4) is 0 Å². The van der Waals surface area contributed by atoms with E-state index in [-0.39, 0.29) is 17.7 Å². The number of carbonyl (C=O) groups is 3. The number of nitrogens with zero attached hydrogens (tertiary/aromatic N) is 1. The molecule has 4 rings (SSSR count). The summed E-state index contributed by atoms with van der Waals surface area (Å²) in [6.45, 7) is 1.43. The Morgan fingerprint density at radius 3 is 2.11 bits per heavy atom. The Morgan fingerprint density at radius 2 is 1.49 bits per heavy atom. The molecule has 0 aromatic heterocycles. The minimum absolute atomic E-state index is 0.163. The highest BCUT2D eigenvalue weighted by Crippen LogP contribution is 2.44. The number of methoxy groups -OCH3 is 2. The van der Waals surface area contributed by atoms with Gasteiger partial charge in [0, 0.05) is 30.9 Å². The SMILES string of the molecule is COc1ccc([C@H]2[C@@H](C(=O)Nc3ccc(NC(C)=O)cc3)c3ccccc3C(=O)N2C)cc1OC. The summed E-state index contributed by atoms with van der Waals surface area (Å²) in [5.74, 6) is -0.208. The number of ether oxygens (including phenoxy) is 2. The van der Waals surface area contributed by atoms with Crippen molar-refractivity contribution in [2.24, 2.45) is 0 Å². The van der Waals surface area contributed by atoms with Crippen LogP contribution in [0.2, 0.25) is 0 Å². The quantitative estimate of drug-likeness (QED) is 0.559. The van der Waals surface area contributed by atoms with Crippen LogP contribution < -0.4 is 20.1 Å². The molecule has 2 atom stereocenters. The Labute approximate surface area is 203 Å². The molecule has 0 spiro atoms. The van der Waals surface area contributed by atoms with Crippen molar-refractivity contribution in [3.8, 4) is 11.5 Å². The third kappa shape index (κ3) is 4.68. The first-order valence-corrected chi connectivity index (χ1v) is 11.1. The lowest BCUT2D eigenvalue weighted by molar-refractivity contribution is -0.119. The molecule has 3 aromatic carbocycles. The Balaban J connectivity index is 1.74. The van der Waals surface area contributed by atoms with Crippen molar-refractivity contribution in [3.05, 3.63) is 83.4 Å². The third-order valence-corrected chi connectivity index (χ3v) is 6.08. The Bertz CT molecular complexity index is 1270. The van der Waals surface area contributed by atoms with E-state index in [4.69, 9.17) is 9.47 Å². The lowest BCUT2D eigenvalue weighted by Crippen LogP contribution is -2.44. The summed E-state index contributed by atoms with van der Waals surface area (Å²) in [4.78, 5) is 39.8. The van der Waals surface area contributed by atoms with Gasteiger partial charge in [0.05, 0.1) is 26.2 Å². The number of anilines is 2. The summed E-state index contributed by atoms with van der Waals surface area (Å²) in [6, 6.07) is 18.9. The summed E-state index contributed by atoms with van der Waals surface area (Å²) in [5, 5.41) is 5.68. The molecule has 0 bridgehead atoms. The normalized spacial score (nSPS) is 16.8. The standard InChI is InChI=1S/C27H27N3O5/c1-16(31)28-18-10-12-19(13-11-18)29-26(32)24-20-7-5-6-8-21(20)27(33)30(2)25(24)17-9-14-22(34-3)23(15-17)35-4/h5-15,24-25H,1-4H3,(H,28,31)(H,29,32)/t24-,25-/m0/s1. The number of amides is 3. The van der Waals surface area contributed by atoms with E-state index >= 15 is 0 Å². The van der Waals surface area contributed by atoms with Crippen molar-refractivity contribution in [1.29, 1.82) is 0 Å². The summed E-state index contributed by atoms with van der Waals surface area (Å²) in [7, 11) is 4.79. The van der Waals surface area contributed by atoms with Crippen molar-refractivity contribution in [3.63, 3.8) is 0 Å². The zero-order valence-electron chi connectivity index (χ0n) is 20.0. The molecule has 180 valence electrons. The minimum Gasteiger partial charge on any atom is -0.493 e. The van der Waals surface area contributed by atoms with Gasteiger partial charge in [-0.25, -0.2) is 0 Å². The van der Waals surface area contributed by atoms with E-state index in [9.17, 15) is 14.4 Å².